The van der Waals surface area contributed by atoms with Crippen molar-refractivity contribution in [3.63, 3.8) is 0 Å². The molecule has 0 fully saturated rings. The lowest BCUT2D eigenvalue weighted by Crippen LogP contribution is -2.37. The van der Waals surface area contributed by atoms with Crippen molar-refractivity contribution >= 4 is 11.8 Å². The molecule has 0 N–H and O–H groups in total. The highest BCUT2D eigenvalue weighted by atomic mass is 16.2. The van der Waals surface area contributed by atoms with Gasteiger partial charge in [-0.2, -0.15) is 0 Å². The number of nitrogens with zero attached hydrogens (tertiary/aromatic N) is 2. The van der Waals surface area contributed by atoms with Crippen molar-refractivity contribution in [3.05, 3.63) is 35.4 Å². The molecule has 0 bridgehead atoms. The van der Waals surface area contributed by atoms with E-state index < -0.39 is 0 Å². The van der Waals surface area contributed by atoms with E-state index in [4.69, 9.17) is 0 Å². The molecule has 0 aromatic heterocycles. The Hall–Kier alpha value is -1.68. The normalized spacial score (nSPS) is 12.9. The summed E-state index contributed by atoms with van der Waals surface area (Å²) < 4.78 is 0.791. The van der Waals surface area contributed by atoms with Gasteiger partial charge < -0.3 is 4.48 Å². The van der Waals surface area contributed by atoms with Gasteiger partial charge in [0, 0.05) is 24.1 Å². The zero-order valence-electron chi connectivity index (χ0n) is 14.0. The molecule has 1 atom stereocenters. The summed E-state index contributed by atoms with van der Waals surface area (Å²) in [5, 5.41) is 0. The van der Waals surface area contributed by atoms with Crippen LogP contribution in [0.2, 0.25) is 0 Å². The molecule has 0 heterocycles. The lowest BCUT2D eigenvalue weighted by atomic mass is 10.1. The molecule has 116 valence electrons. The monoisotopic (exact) mass is 291 g/mol. The number of carbonyl (C=O) groups excluding carboxylic acids is 2. The van der Waals surface area contributed by atoms with Crippen LogP contribution >= 0.6 is 0 Å². The minimum Gasteiger partial charge on any atom is -0.327 e. The number of carbonyl (C=O) groups is 2. The molecule has 1 rings (SSSR count). The lowest BCUT2D eigenvalue weighted by Gasteiger charge is -2.24. The van der Waals surface area contributed by atoms with Gasteiger partial charge in [-0.3, -0.25) is 14.5 Å². The van der Waals surface area contributed by atoms with Gasteiger partial charge in [-0.1, -0.05) is 26.0 Å². The summed E-state index contributed by atoms with van der Waals surface area (Å²) in [5.74, 6) is -0.489. The van der Waals surface area contributed by atoms with Crippen molar-refractivity contribution in [3.8, 4) is 0 Å². The Balaban J connectivity index is 2.93. The van der Waals surface area contributed by atoms with Gasteiger partial charge in [-0.15, -0.1) is 0 Å². The van der Waals surface area contributed by atoms with E-state index in [-0.39, 0.29) is 17.7 Å². The van der Waals surface area contributed by atoms with Crippen LogP contribution in [0, 0.1) is 5.92 Å². The fourth-order valence-corrected chi connectivity index (χ4v) is 2.15. The topological polar surface area (TPSA) is 37.4 Å². The van der Waals surface area contributed by atoms with Crippen molar-refractivity contribution in [2.24, 2.45) is 5.92 Å². The third-order valence-electron chi connectivity index (χ3n) is 3.50. The van der Waals surface area contributed by atoms with E-state index in [0.717, 1.165) is 23.0 Å². The summed E-state index contributed by atoms with van der Waals surface area (Å²) in [7, 11) is 7.87. The highest BCUT2D eigenvalue weighted by Gasteiger charge is 2.22. The molecule has 1 aromatic carbocycles. The Bertz CT molecular complexity index is 518. The summed E-state index contributed by atoms with van der Waals surface area (Å²) in [5.41, 5.74) is 1.66. The van der Waals surface area contributed by atoms with Gasteiger partial charge in [0.2, 0.25) is 5.91 Å². The molecular formula is C17H27N2O2+. The Morgan fingerprint density at radius 2 is 1.86 bits per heavy atom. The zero-order chi connectivity index (χ0) is 16.2. The molecule has 0 spiro atoms. The molecule has 0 aliphatic carbocycles. The van der Waals surface area contributed by atoms with Crippen LogP contribution in [-0.4, -0.2) is 49.4 Å². The van der Waals surface area contributed by atoms with Crippen molar-refractivity contribution in [1.82, 2.24) is 4.90 Å². The van der Waals surface area contributed by atoms with Crippen LogP contribution in [0.5, 0.6) is 0 Å². The smallest absolute Gasteiger partial charge is 0.260 e. The number of hydrogen-bond acceptors (Lipinski definition) is 2. The minimum atomic E-state index is -0.233. The molecule has 1 aromatic rings. The molecule has 0 aliphatic rings. The number of amides is 2. The average molecular weight is 291 g/mol. The van der Waals surface area contributed by atoms with Crippen molar-refractivity contribution < 1.29 is 14.1 Å². The van der Waals surface area contributed by atoms with Crippen molar-refractivity contribution in [2.45, 2.75) is 26.8 Å². The second-order valence-electron chi connectivity index (χ2n) is 6.66. The molecule has 2 amide bonds. The summed E-state index contributed by atoms with van der Waals surface area (Å²) in [6, 6.07) is 7.53. The van der Waals surface area contributed by atoms with Crippen molar-refractivity contribution in [1.29, 1.82) is 0 Å². The fourth-order valence-electron chi connectivity index (χ4n) is 2.15. The summed E-state index contributed by atoms with van der Waals surface area (Å²) >= 11 is 0. The molecule has 0 saturated carbocycles. The van der Waals surface area contributed by atoms with E-state index >= 15 is 0 Å². The standard InChI is InChI=1S/C17H27N2O2/c1-7-13(2)16(20)18(3)17(21)15-10-8-9-14(11-15)12-19(4,5)6/h8-11,13H,7,12H2,1-6H3/q+1. The van der Waals surface area contributed by atoms with Crippen LogP contribution in [0.15, 0.2) is 24.3 Å². The van der Waals surface area contributed by atoms with Crippen LogP contribution < -0.4 is 0 Å². The van der Waals surface area contributed by atoms with E-state index in [1.807, 2.05) is 32.0 Å². The first-order chi connectivity index (χ1) is 9.65. The lowest BCUT2D eigenvalue weighted by molar-refractivity contribution is -0.884. The third kappa shape index (κ3) is 4.97. The SMILES string of the molecule is CCC(C)C(=O)N(C)C(=O)c1cccc(C[N+](C)(C)C)c1. The van der Waals surface area contributed by atoms with Crippen LogP contribution in [0.25, 0.3) is 0 Å². The maximum atomic E-state index is 12.4. The van der Waals surface area contributed by atoms with Gasteiger partial charge in [0.1, 0.15) is 6.54 Å². The number of quaternary nitrogens is 1. The Kier molecular flexibility index (Phi) is 5.67. The van der Waals surface area contributed by atoms with Gasteiger partial charge in [-0.05, 0) is 18.6 Å². The van der Waals surface area contributed by atoms with E-state index in [9.17, 15) is 9.59 Å². The first kappa shape index (κ1) is 17.4. The van der Waals surface area contributed by atoms with E-state index in [1.54, 1.807) is 13.1 Å². The highest BCUT2D eigenvalue weighted by Crippen LogP contribution is 2.13. The molecule has 4 nitrogen and oxygen atoms in total. The van der Waals surface area contributed by atoms with E-state index in [2.05, 4.69) is 21.1 Å². The molecule has 21 heavy (non-hydrogen) atoms. The largest absolute Gasteiger partial charge is 0.327 e. The van der Waals surface area contributed by atoms with Gasteiger partial charge in [0.25, 0.3) is 5.91 Å². The maximum Gasteiger partial charge on any atom is 0.260 e. The predicted molar refractivity (Wildman–Crippen MR) is 84.7 cm³/mol. The second-order valence-corrected chi connectivity index (χ2v) is 6.66. The number of benzene rings is 1. The summed E-state index contributed by atoms with van der Waals surface area (Å²) in [6.07, 6.45) is 0.734. The average Bonchev–Trinajstić information content (AvgIpc) is 2.42. The van der Waals surface area contributed by atoms with Crippen LogP contribution in [0.1, 0.15) is 36.2 Å². The molecule has 4 heteroatoms. The van der Waals surface area contributed by atoms with Crippen LogP contribution in [-0.2, 0) is 11.3 Å². The predicted octanol–water partition coefficient (Wildman–Crippen LogP) is 2.54. The quantitative estimate of drug-likeness (QED) is 0.782. The minimum absolute atomic E-state index is 0.125. The maximum absolute atomic E-state index is 12.4. The van der Waals surface area contributed by atoms with Crippen LogP contribution in [0.3, 0.4) is 0 Å². The van der Waals surface area contributed by atoms with E-state index in [1.165, 1.54) is 4.90 Å². The van der Waals surface area contributed by atoms with Gasteiger partial charge in [0.05, 0.1) is 21.1 Å². The van der Waals surface area contributed by atoms with E-state index in [0.29, 0.717) is 5.56 Å². The Morgan fingerprint density at radius 1 is 1.24 bits per heavy atom. The number of hydrogen-bond donors (Lipinski definition) is 0. The van der Waals surface area contributed by atoms with Gasteiger partial charge in [-0.25, -0.2) is 0 Å². The molecule has 0 aliphatic heterocycles. The highest BCUT2D eigenvalue weighted by molar-refractivity contribution is 6.05. The summed E-state index contributed by atoms with van der Waals surface area (Å²) in [4.78, 5) is 25.8. The summed E-state index contributed by atoms with van der Waals surface area (Å²) in [6.45, 7) is 4.63. The molecular weight excluding hydrogens is 264 g/mol. The molecule has 0 saturated heterocycles. The Labute approximate surface area is 127 Å². The zero-order valence-corrected chi connectivity index (χ0v) is 14.0. The molecule has 0 radical (unpaired) electrons. The Morgan fingerprint density at radius 3 is 2.38 bits per heavy atom. The second kappa shape index (κ2) is 6.85. The van der Waals surface area contributed by atoms with Crippen molar-refractivity contribution in [2.75, 3.05) is 28.2 Å². The third-order valence-corrected chi connectivity index (χ3v) is 3.50. The van der Waals surface area contributed by atoms with Gasteiger partial charge >= 0.3 is 0 Å². The van der Waals surface area contributed by atoms with Gasteiger partial charge in [0.15, 0.2) is 0 Å². The number of imide groups is 1. The first-order valence-electron chi connectivity index (χ1n) is 7.37. The van der Waals surface area contributed by atoms with Crippen LogP contribution in [0.4, 0.5) is 0 Å². The first-order valence-corrected chi connectivity index (χ1v) is 7.37. The number of rotatable bonds is 5. The molecule has 1 unspecified atom stereocenters. The fraction of sp³-hybridized carbons (Fsp3) is 0.529.